The number of nitrogens with zero attached hydrogens (tertiary/aromatic N) is 2. The highest BCUT2D eigenvalue weighted by molar-refractivity contribution is 7.71. The van der Waals surface area contributed by atoms with Crippen LogP contribution < -0.4 is 10.9 Å². The number of H-pyrrole nitrogens is 1. The van der Waals surface area contributed by atoms with Crippen molar-refractivity contribution in [2.45, 2.75) is 13.3 Å². The molecule has 152 valence electrons. The smallest absolute Gasteiger partial charge is 0.261 e. The molecule has 0 saturated heterocycles. The van der Waals surface area contributed by atoms with Gasteiger partial charge in [0.25, 0.3) is 11.5 Å². The number of amides is 1. The van der Waals surface area contributed by atoms with E-state index in [-0.39, 0.29) is 11.5 Å². The van der Waals surface area contributed by atoms with Crippen molar-refractivity contribution in [1.29, 1.82) is 0 Å². The monoisotopic (exact) mass is 436 g/mol. The van der Waals surface area contributed by atoms with Gasteiger partial charge in [-0.05, 0) is 37.3 Å². The Bertz CT molecular complexity index is 1350. The van der Waals surface area contributed by atoms with Crippen LogP contribution in [0, 0.1) is 11.7 Å². The van der Waals surface area contributed by atoms with Gasteiger partial charge in [0.05, 0.1) is 16.6 Å². The van der Waals surface area contributed by atoms with Gasteiger partial charge in [-0.1, -0.05) is 29.8 Å². The Morgan fingerprint density at radius 3 is 2.77 bits per heavy atom. The van der Waals surface area contributed by atoms with E-state index in [1.165, 1.54) is 10.1 Å². The quantitative estimate of drug-likeness (QED) is 0.464. The summed E-state index contributed by atoms with van der Waals surface area (Å²) in [6.45, 7) is 2.53. The van der Waals surface area contributed by atoms with Crippen molar-refractivity contribution in [3.8, 4) is 10.6 Å². The van der Waals surface area contributed by atoms with Gasteiger partial charge in [-0.2, -0.15) is 0 Å². The third kappa shape index (κ3) is 4.10. The molecule has 0 bridgehead atoms. The number of thiazole rings is 1. The highest BCUT2D eigenvalue weighted by Crippen LogP contribution is 2.24. The van der Waals surface area contributed by atoms with E-state index in [0.29, 0.717) is 34.2 Å². The molecule has 0 fully saturated rings. The van der Waals surface area contributed by atoms with Crippen LogP contribution in [0.5, 0.6) is 0 Å². The molecule has 0 unspecified atom stereocenters. The second-order valence-electron chi connectivity index (χ2n) is 7.07. The van der Waals surface area contributed by atoms with Crippen LogP contribution in [0.15, 0.2) is 52.6 Å². The average Bonchev–Trinajstić information content (AvgIpc) is 3.21. The minimum absolute atomic E-state index is 0.186. The van der Waals surface area contributed by atoms with E-state index in [0.717, 1.165) is 16.3 Å². The predicted octanol–water partition coefficient (Wildman–Crippen LogP) is 4.00. The maximum Gasteiger partial charge on any atom is 0.261 e. The lowest BCUT2D eigenvalue weighted by atomic mass is 10.1. The zero-order valence-corrected chi connectivity index (χ0v) is 18.2. The number of aromatic amines is 1. The molecule has 0 aliphatic carbocycles. The second-order valence-corrected chi connectivity index (χ2v) is 8.32. The van der Waals surface area contributed by atoms with Crippen LogP contribution in [-0.2, 0) is 13.5 Å². The number of carbonyl (C=O) groups excluding carboxylic acids is 1. The van der Waals surface area contributed by atoms with E-state index in [1.54, 1.807) is 36.6 Å². The number of benzene rings is 2. The van der Waals surface area contributed by atoms with Gasteiger partial charge >= 0.3 is 0 Å². The summed E-state index contributed by atoms with van der Waals surface area (Å²) in [6, 6.07) is 13.2. The van der Waals surface area contributed by atoms with Crippen LogP contribution in [0.4, 0.5) is 0 Å². The van der Waals surface area contributed by atoms with E-state index in [1.807, 2.05) is 5.38 Å². The Kier molecular flexibility index (Phi) is 5.61. The number of nitrogens with one attached hydrogen (secondary N) is 2. The number of aryl methyl sites for hydroxylation is 1. The molecular formula is C22H20N4O2S2. The van der Waals surface area contributed by atoms with Gasteiger partial charge in [0.15, 0.2) is 4.77 Å². The predicted molar refractivity (Wildman–Crippen MR) is 123 cm³/mol. The zero-order chi connectivity index (χ0) is 21.3. The number of fused-ring (bicyclic) bond motifs is 1. The van der Waals surface area contributed by atoms with Crippen LogP contribution in [-0.4, -0.2) is 27.0 Å². The molecule has 0 atom stereocenters. The SMILES string of the molecule is Cc1ccc(-c2nc(CCNC(=O)c3ccc4c(=O)n(C)c(=S)[nH]c4c3)cs2)cc1. The first-order valence-electron chi connectivity index (χ1n) is 9.45. The van der Waals surface area contributed by atoms with Crippen LogP contribution in [0.3, 0.4) is 0 Å². The van der Waals surface area contributed by atoms with E-state index in [4.69, 9.17) is 12.2 Å². The number of rotatable bonds is 5. The lowest BCUT2D eigenvalue weighted by Gasteiger charge is -2.07. The Morgan fingerprint density at radius 1 is 1.23 bits per heavy atom. The summed E-state index contributed by atoms with van der Waals surface area (Å²) in [5.41, 5.74) is 4.10. The highest BCUT2D eigenvalue weighted by atomic mass is 32.1. The van der Waals surface area contributed by atoms with Crippen molar-refractivity contribution < 1.29 is 4.79 Å². The first kappa shape index (κ1) is 20.2. The minimum atomic E-state index is -0.203. The molecule has 0 aliphatic rings. The van der Waals surface area contributed by atoms with Crippen LogP contribution in [0.25, 0.3) is 21.5 Å². The van der Waals surface area contributed by atoms with Gasteiger partial charge in [-0.15, -0.1) is 11.3 Å². The summed E-state index contributed by atoms with van der Waals surface area (Å²) in [5, 5.41) is 6.40. The minimum Gasteiger partial charge on any atom is -0.352 e. The summed E-state index contributed by atoms with van der Waals surface area (Å²) in [7, 11) is 1.62. The average molecular weight is 437 g/mol. The lowest BCUT2D eigenvalue weighted by molar-refractivity contribution is 0.0954. The van der Waals surface area contributed by atoms with Gasteiger partial charge in [-0.3, -0.25) is 14.2 Å². The number of hydrogen-bond donors (Lipinski definition) is 2. The van der Waals surface area contributed by atoms with E-state index in [2.05, 4.69) is 46.5 Å². The number of aromatic nitrogens is 3. The molecule has 0 aliphatic heterocycles. The molecular weight excluding hydrogens is 416 g/mol. The first-order valence-corrected chi connectivity index (χ1v) is 10.7. The Morgan fingerprint density at radius 2 is 2.00 bits per heavy atom. The molecule has 0 saturated carbocycles. The fourth-order valence-electron chi connectivity index (χ4n) is 3.10. The van der Waals surface area contributed by atoms with Crippen molar-refractivity contribution in [1.82, 2.24) is 19.9 Å². The Balaban J connectivity index is 1.42. The standard InChI is InChI=1S/C22H20N4O2S2/c1-13-3-5-14(6-4-13)20-24-16(12-30-20)9-10-23-19(27)15-7-8-17-18(11-15)25-22(29)26(2)21(17)28/h3-8,11-12H,9-10H2,1-2H3,(H,23,27)(H,25,29). The summed E-state index contributed by atoms with van der Waals surface area (Å²) in [6.07, 6.45) is 0.644. The van der Waals surface area contributed by atoms with Gasteiger partial charge in [0.2, 0.25) is 0 Å². The molecule has 2 aromatic carbocycles. The van der Waals surface area contributed by atoms with Crippen LogP contribution in [0.1, 0.15) is 21.6 Å². The van der Waals surface area contributed by atoms with Gasteiger partial charge in [-0.25, -0.2) is 4.98 Å². The maximum atomic E-state index is 12.5. The maximum absolute atomic E-state index is 12.5. The van der Waals surface area contributed by atoms with Crippen molar-refractivity contribution in [3.05, 3.63) is 79.8 Å². The molecule has 4 rings (SSSR count). The molecule has 2 N–H and O–H groups in total. The Hall–Kier alpha value is -3.10. The molecule has 30 heavy (non-hydrogen) atoms. The molecule has 0 radical (unpaired) electrons. The second kappa shape index (κ2) is 8.33. The van der Waals surface area contributed by atoms with E-state index >= 15 is 0 Å². The van der Waals surface area contributed by atoms with Crippen LogP contribution >= 0.6 is 23.6 Å². The fourth-order valence-corrected chi connectivity index (χ4v) is 4.16. The lowest BCUT2D eigenvalue weighted by Crippen LogP contribution is -2.26. The molecule has 4 aromatic rings. The summed E-state index contributed by atoms with van der Waals surface area (Å²) >= 11 is 6.75. The van der Waals surface area contributed by atoms with Crippen molar-refractivity contribution in [2.24, 2.45) is 7.05 Å². The molecule has 2 heterocycles. The van der Waals surface area contributed by atoms with E-state index in [9.17, 15) is 9.59 Å². The summed E-state index contributed by atoms with van der Waals surface area (Å²) < 4.78 is 1.69. The third-order valence-electron chi connectivity index (χ3n) is 4.88. The van der Waals surface area contributed by atoms with E-state index < -0.39 is 0 Å². The Labute approximate surface area is 182 Å². The van der Waals surface area contributed by atoms with Gasteiger partial charge in [0, 0.05) is 36.5 Å². The largest absolute Gasteiger partial charge is 0.352 e. The number of carbonyl (C=O) groups is 1. The fraction of sp³-hybridized carbons (Fsp3) is 0.182. The molecule has 1 amide bonds. The molecule has 6 nitrogen and oxygen atoms in total. The first-order chi connectivity index (χ1) is 14.4. The van der Waals surface area contributed by atoms with Crippen molar-refractivity contribution in [3.63, 3.8) is 0 Å². The van der Waals surface area contributed by atoms with Gasteiger partial charge in [0.1, 0.15) is 5.01 Å². The van der Waals surface area contributed by atoms with Crippen molar-refractivity contribution in [2.75, 3.05) is 6.54 Å². The number of hydrogen-bond acceptors (Lipinski definition) is 5. The third-order valence-corrected chi connectivity index (χ3v) is 6.20. The summed E-state index contributed by atoms with van der Waals surface area (Å²) in [4.78, 5) is 32.4. The molecule has 8 heteroatoms. The summed E-state index contributed by atoms with van der Waals surface area (Å²) in [5.74, 6) is -0.203. The molecule has 0 spiro atoms. The van der Waals surface area contributed by atoms with Crippen LogP contribution in [0.2, 0.25) is 0 Å². The van der Waals surface area contributed by atoms with Gasteiger partial charge < -0.3 is 10.3 Å². The highest BCUT2D eigenvalue weighted by Gasteiger charge is 2.10. The zero-order valence-electron chi connectivity index (χ0n) is 16.6. The van der Waals surface area contributed by atoms with Crippen molar-refractivity contribution >= 4 is 40.4 Å². The topological polar surface area (TPSA) is 79.8 Å². The molecule has 2 aromatic heterocycles. The normalized spacial score (nSPS) is 11.0.